The Labute approximate surface area is 112 Å². The van der Waals surface area contributed by atoms with Gasteiger partial charge in [-0.3, -0.25) is 0 Å². The van der Waals surface area contributed by atoms with Crippen molar-refractivity contribution in [2.75, 3.05) is 13.8 Å². The topological polar surface area (TPSA) is 29.5 Å². The maximum absolute atomic E-state index is 9.54. The molecule has 2 aromatic rings. The molecule has 0 saturated heterocycles. The summed E-state index contributed by atoms with van der Waals surface area (Å²) in [6, 6.07) is 11.0. The Morgan fingerprint density at radius 3 is 2.00 bits per heavy atom. The maximum Gasteiger partial charge on any atom is 0.126 e. The summed E-state index contributed by atoms with van der Waals surface area (Å²) >= 11 is 0. The Morgan fingerprint density at radius 2 is 1.50 bits per heavy atom. The van der Waals surface area contributed by atoms with Gasteiger partial charge in [0, 0.05) is 10.8 Å². The van der Waals surface area contributed by atoms with Gasteiger partial charge in [-0.2, -0.15) is 0 Å². The van der Waals surface area contributed by atoms with E-state index in [4.69, 9.17) is 4.74 Å². The summed E-state index contributed by atoms with van der Waals surface area (Å²) in [5, 5.41) is 11.3. The van der Waals surface area contributed by atoms with Crippen LogP contribution in [0.2, 0.25) is 0 Å². The number of rotatable bonds is 1. The molecule has 0 radical (unpaired) electrons. The lowest BCUT2D eigenvalue weighted by Gasteiger charge is -2.05. The van der Waals surface area contributed by atoms with E-state index in [1.807, 2.05) is 30.9 Å². The Morgan fingerprint density at radius 1 is 1.00 bits per heavy atom. The van der Waals surface area contributed by atoms with Crippen LogP contribution < -0.4 is 4.74 Å². The van der Waals surface area contributed by atoms with Crippen LogP contribution in [0.3, 0.4) is 0 Å². The fourth-order valence-corrected chi connectivity index (χ4v) is 1.43. The molecular weight excluding hydrogens is 243 g/mol. The molecule has 0 bridgehead atoms. The Hall–Kier alpha value is -1.27. The average Bonchev–Trinajstić information content (AvgIpc) is 2.43. The van der Waals surface area contributed by atoms with Gasteiger partial charge < -0.3 is 9.84 Å². The molecule has 18 heavy (non-hydrogen) atoms. The highest BCUT2D eigenvalue weighted by atomic mass is 31.0. The first kappa shape index (κ1) is 16.7. The Kier molecular flexibility index (Phi) is 9.04. The van der Waals surface area contributed by atoms with Crippen LogP contribution in [0.4, 0.5) is 0 Å². The number of methoxy groups -OCH3 is 1. The second-order valence-electron chi connectivity index (χ2n) is 3.54. The number of hydrogen-bond acceptors (Lipinski definition) is 2. The van der Waals surface area contributed by atoms with Crippen molar-refractivity contribution in [1.29, 1.82) is 0 Å². The largest absolute Gasteiger partial charge is 0.507 e. The molecule has 0 amide bonds. The lowest BCUT2D eigenvalue weighted by molar-refractivity contribution is 0.418. The molecule has 0 aliphatic rings. The van der Waals surface area contributed by atoms with Crippen molar-refractivity contribution in [3.63, 3.8) is 0 Å². The maximum atomic E-state index is 9.54. The van der Waals surface area contributed by atoms with Crippen LogP contribution in [0.25, 0.3) is 10.8 Å². The third-order valence-electron chi connectivity index (χ3n) is 2.08. The second kappa shape index (κ2) is 9.73. The molecule has 3 heteroatoms. The number of benzene rings is 2. The number of ether oxygens (including phenoxy) is 1. The number of phenols is 1. The van der Waals surface area contributed by atoms with Crippen LogP contribution in [0.15, 0.2) is 36.4 Å². The molecule has 0 heterocycles. The minimum absolute atomic E-state index is 0.288. The van der Waals surface area contributed by atoms with Gasteiger partial charge in [-0.15, -0.1) is 9.24 Å². The van der Waals surface area contributed by atoms with Crippen molar-refractivity contribution >= 4 is 20.0 Å². The fraction of sp³-hybridized carbons (Fsp3) is 0.333. The minimum atomic E-state index is 0.288. The molecule has 0 spiro atoms. The van der Waals surface area contributed by atoms with E-state index in [1.165, 1.54) is 6.42 Å². The van der Waals surface area contributed by atoms with Crippen LogP contribution >= 0.6 is 9.24 Å². The first-order valence-electron chi connectivity index (χ1n) is 6.07. The molecule has 0 aromatic heterocycles. The van der Waals surface area contributed by atoms with E-state index in [9.17, 15) is 5.11 Å². The molecule has 1 unspecified atom stereocenters. The van der Waals surface area contributed by atoms with E-state index >= 15 is 0 Å². The third kappa shape index (κ3) is 4.54. The quantitative estimate of drug-likeness (QED) is 0.772. The average molecular weight is 266 g/mol. The smallest absolute Gasteiger partial charge is 0.126 e. The van der Waals surface area contributed by atoms with E-state index < -0.39 is 0 Å². The number of aromatic hydroxyl groups is 1. The zero-order valence-corrected chi connectivity index (χ0v) is 12.8. The number of fused-ring (bicyclic) bond motifs is 1. The van der Waals surface area contributed by atoms with Gasteiger partial charge in [0.2, 0.25) is 0 Å². The van der Waals surface area contributed by atoms with Crippen LogP contribution in [0.5, 0.6) is 11.5 Å². The van der Waals surface area contributed by atoms with E-state index in [2.05, 4.69) is 23.1 Å². The minimum Gasteiger partial charge on any atom is -0.507 e. The molecular formula is C15H23O2P. The van der Waals surface area contributed by atoms with Crippen LogP contribution in [-0.2, 0) is 0 Å². The molecule has 0 fully saturated rings. The number of phenolic OH excluding ortho intramolecular Hbond substituents is 1. The van der Waals surface area contributed by atoms with Gasteiger partial charge in [-0.25, -0.2) is 0 Å². The SMILES string of the molecule is CCC.COc1ccc(O)c2ccccc12.CP. The van der Waals surface area contributed by atoms with Crippen molar-refractivity contribution in [2.45, 2.75) is 20.3 Å². The van der Waals surface area contributed by atoms with Crippen LogP contribution in [-0.4, -0.2) is 18.9 Å². The monoisotopic (exact) mass is 266 g/mol. The van der Waals surface area contributed by atoms with Crippen LogP contribution in [0, 0.1) is 0 Å². The zero-order valence-electron chi connectivity index (χ0n) is 11.6. The Balaban J connectivity index is 0.000000509. The van der Waals surface area contributed by atoms with Crippen LogP contribution in [0.1, 0.15) is 20.3 Å². The van der Waals surface area contributed by atoms with Crippen molar-refractivity contribution < 1.29 is 9.84 Å². The summed E-state index contributed by atoms with van der Waals surface area (Å²) in [6.45, 7) is 6.17. The first-order valence-corrected chi connectivity index (χ1v) is 7.22. The highest BCUT2D eigenvalue weighted by Gasteiger charge is 2.03. The third-order valence-corrected chi connectivity index (χ3v) is 2.08. The predicted molar refractivity (Wildman–Crippen MR) is 83.8 cm³/mol. The molecule has 2 nitrogen and oxygen atoms in total. The van der Waals surface area contributed by atoms with Gasteiger partial charge in [0.05, 0.1) is 7.11 Å². The van der Waals surface area contributed by atoms with Gasteiger partial charge in [0.15, 0.2) is 0 Å². The standard InChI is InChI=1S/C11H10O2.C3H8.CH5P/c1-13-11-7-6-10(12)8-4-2-3-5-9(8)11;1-3-2;1-2/h2-7,12H,1H3;3H2,1-2H3;2H2,1H3. The summed E-state index contributed by atoms with van der Waals surface area (Å²) < 4.78 is 5.17. The van der Waals surface area contributed by atoms with Crippen molar-refractivity contribution in [2.24, 2.45) is 0 Å². The highest BCUT2D eigenvalue weighted by Crippen LogP contribution is 2.31. The molecule has 2 rings (SSSR count). The summed E-state index contributed by atoms with van der Waals surface area (Å²) in [4.78, 5) is 0. The van der Waals surface area contributed by atoms with E-state index in [-0.39, 0.29) is 5.75 Å². The summed E-state index contributed by atoms with van der Waals surface area (Å²) in [6.07, 6.45) is 1.25. The fourth-order valence-electron chi connectivity index (χ4n) is 1.43. The van der Waals surface area contributed by atoms with Gasteiger partial charge in [-0.1, -0.05) is 51.2 Å². The van der Waals surface area contributed by atoms with Gasteiger partial charge >= 0.3 is 0 Å². The normalized spacial score (nSPS) is 8.72. The Bertz CT molecular complexity index is 455. The molecule has 1 atom stereocenters. The zero-order chi connectivity index (χ0) is 14.0. The van der Waals surface area contributed by atoms with E-state index in [0.717, 1.165) is 16.5 Å². The number of hydrogen-bond donors (Lipinski definition) is 1. The van der Waals surface area contributed by atoms with Crippen molar-refractivity contribution in [1.82, 2.24) is 0 Å². The lowest BCUT2D eigenvalue weighted by Crippen LogP contribution is -1.84. The lowest BCUT2D eigenvalue weighted by atomic mass is 10.1. The molecule has 0 aliphatic carbocycles. The van der Waals surface area contributed by atoms with E-state index in [1.54, 1.807) is 19.2 Å². The van der Waals surface area contributed by atoms with Gasteiger partial charge in [0.25, 0.3) is 0 Å². The summed E-state index contributed by atoms with van der Waals surface area (Å²) in [5.41, 5.74) is 0. The predicted octanol–water partition coefficient (Wildman–Crippen LogP) is 4.46. The molecule has 100 valence electrons. The van der Waals surface area contributed by atoms with Gasteiger partial charge in [-0.05, 0) is 12.1 Å². The first-order chi connectivity index (χ1) is 8.74. The molecule has 1 N–H and O–H groups in total. The molecule has 2 aromatic carbocycles. The summed E-state index contributed by atoms with van der Waals surface area (Å²) in [5.74, 6) is 1.07. The summed E-state index contributed by atoms with van der Waals surface area (Å²) in [7, 11) is 4.04. The van der Waals surface area contributed by atoms with Crippen molar-refractivity contribution in [3.05, 3.63) is 36.4 Å². The van der Waals surface area contributed by atoms with Gasteiger partial charge in [0.1, 0.15) is 11.5 Å². The molecule has 0 aliphatic heterocycles. The van der Waals surface area contributed by atoms with E-state index in [0.29, 0.717) is 0 Å². The highest BCUT2D eigenvalue weighted by molar-refractivity contribution is 7.15. The van der Waals surface area contributed by atoms with Crippen molar-refractivity contribution in [3.8, 4) is 11.5 Å². The molecule has 0 saturated carbocycles. The second-order valence-corrected chi connectivity index (χ2v) is 3.54.